The Bertz CT molecular complexity index is 2300. The number of amides is 4. The van der Waals surface area contributed by atoms with E-state index < -0.39 is 0 Å². The third-order valence-electron chi connectivity index (χ3n) is 11.6. The van der Waals surface area contributed by atoms with Crippen molar-refractivity contribution in [3.8, 4) is 17.0 Å². The number of urea groups is 1. The van der Waals surface area contributed by atoms with Crippen molar-refractivity contribution < 1.29 is 19.1 Å². The fraction of sp³-hybridized carbons (Fsp3) is 0.349. The molecule has 3 N–H and O–H groups in total. The van der Waals surface area contributed by atoms with Gasteiger partial charge in [0.15, 0.2) is 0 Å². The average Bonchev–Trinajstić information content (AvgIpc) is 3.24. The number of pyridine rings is 1. The van der Waals surface area contributed by atoms with Gasteiger partial charge in [-0.1, -0.05) is 24.3 Å². The zero-order chi connectivity index (χ0) is 38.9. The minimum absolute atomic E-state index is 0.193. The van der Waals surface area contributed by atoms with Gasteiger partial charge in [-0.2, -0.15) is 0 Å². The Morgan fingerprint density at radius 2 is 1.65 bits per heavy atom. The third-order valence-corrected chi connectivity index (χ3v) is 11.6. The number of piperidine rings is 1. The molecule has 14 heteroatoms. The largest absolute Gasteiger partial charge is 0.474 e. The summed E-state index contributed by atoms with van der Waals surface area (Å²) in [6, 6.07) is 22.2. The molecule has 0 atom stereocenters. The fourth-order valence-electron chi connectivity index (χ4n) is 8.31. The van der Waals surface area contributed by atoms with Crippen LogP contribution in [-0.2, 0) is 9.59 Å². The van der Waals surface area contributed by atoms with E-state index in [1.54, 1.807) is 4.90 Å². The number of carbonyl (C=O) groups is 3. The summed E-state index contributed by atoms with van der Waals surface area (Å²) in [5.74, 6) is 1.56. The molecule has 0 spiro atoms. The maximum atomic E-state index is 13.3. The van der Waals surface area contributed by atoms with E-state index in [-0.39, 0.29) is 17.8 Å². The predicted molar refractivity (Wildman–Crippen MR) is 220 cm³/mol. The van der Waals surface area contributed by atoms with Gasteiger partial charge in [0, 0.05) is 86.1 Å². The Kier molecular flexibility index (Phi) is 10.0. The Morgan fingerprint density at radius 3 is 2.42 bits per heavy atom. The SMILES string of the molecule is Cc1c(-c2ccc3cnc(Nc4ccc(N5CCN(C(=O)CN6CCC(c7ccc(N8CCC(=O)NC8=O)cc7)CC6)CC5)cc4)nc3c2)cnc2c1NCCO2. The van der Waals surface area contributed by atoms with Gasteiger partial charge in [-0.15, -0.1) is 0 Å². The molecule has 0 saturated carbocycles. The van der Waals surface area contributed by atoms with Crippen LogP contribution in [0.1, 0.15) is 36.3 Å². The zero-order valence-corrected chi connectivity index (χ0v) is 32.0. The van der Waals surface area contributed by atoms with Gasteiger partial charge in [0.2, 0.25) is 23.6 Å². The quantitative estimate of drug-likeness (QED) is 0.183. The molecule has 5 aromatic rings. The van der Waals surface area contributed by atoms with Gasteiger partial charge >= 0.3 is 6.03 Å². The Hall–Kier alpha value is -6.28. The minimum atomic E-state index is -0.366. The molecule has 14 nitrogen and oxygen atoms in total. The molecule has 2 aromatic heterocycles. The van der Waals surface area contributed by atoms with Crippen LogP contribution in [0.5, 0.6) is 5.88 Å². The Morgan fingerprint density at radius 1 is 0.877 bits per heavy atom. The molecule has 4 amide bonds. The van der Waals surface area contributed by atoms with Crippen molar-refractivity contribution >= 4 is 57.4 Å². The van der Waals surface area contributed by atoms with Crippen molar-refractivity contribution in [1.29, 1.82) is 0 Å². The number of nitrogens with one attached hydrogen (secondary N) is 3. The molecule has 0 radical (unpaired) electrons. The number of imide groups is 1. The van der Waals surface area contributed by atoms with Crippen LogP contribution in [0.25, 0.3) is 22.0 Å². The van der Waals surface area contributed by atoms with Crippen LogP contribution >= 0.6 is 0 Å². The van der Waals surface area contributed by atoms with Crippen molar-refractivity contribution in [2.45, 2.75) is 32.1 Å². The summed E-state index contributed by atoms with van der Waals surface area (Å²) in [5.41, 5.74) is 9.02. The molecule has 292 valence electrons. The van der Waals surface area contributed by atoms with Crippen LogP contribution in [0.2, 0.25) is 0 Å². The summed E-state index contributed by atoms with van der Waals surface area (Å²) >= 11 is 0. The number of ether oxygens (including phenoxy) is 1. The summed E-state index contributed by atoms with van der Waals surface area (Å²) in [6.07, 6.45) is 5.98. The number of nitrogens with zero attached hydrogens (tertiary/aromatic N) is 7. The van der Waals surface area contributed by atoms with Gasteiger partial charge in [-0.3, -0.25) is 24.7 Å². The van der Waals surface area contributed by atoms with Crippen molar-refractivity contribution in [2.24, 2.45) is 0 Å². The highest BCUT2D eigenvalue weighted by Gasteiger charge is 2.28. The molecular formula is C43H46N10O4. The fourth-order valence-corrected chi connectivity index (χ4v) is 8.31. The molecule has 9 rings (SSSR count). The van der Waals surface area contributed by atoms with Crippen molar-refractivity contribution in [1.82, 2.24) is 30.1 Å². The first-order chi connectivity index (χ1) is 27.8. The van der Waals surface area contributed by atoms with E-state index in [2.05, 4.69) is 79.0 Å². The van der Waals surface area contributed by atoms with Gasteiger partial charge in [-0.05, 0) is 97.9 Å². The molecule has 0 unspecified atom stereocenters. The van der Waals surface area contributed by atoms with Crippen LogP contribution in [0.3, 0.4) is 0 Å². The van der Waals surface area contributed by atoms with Crippen LogP contribution in [0, 0.1) is 6.92 Å². The molecule has 57 heavy (non-hydrogen) atoms. The second kappa shape index (κ2) is 15.7. The zero-order valence-electron chi connectivity index (χ0n) is 32.0. The molecule has 6 heterocycles. The summed E-state index contributed by atoms with van der Waals surface area (Å²) in [6.45, 7) is 9.01. The predicted octanol–water partition coefficient (Wildman–Crippen LogP) is 5.52. The number of benzene rings is 3. The standard InChI is InChI=1S/C43H46N10O4/c1-28-36(26-45-41-40(28)44-15-23-57-41)31-2-3-32-25-46-42(48-37(32)24-31)47-33-6-10-34(11-7-33)51-19-21-52(22-20-51)39(55)27-50-16-12-30(13-17-50)29-4-8-35(9-5-29)53-18-14-38(54)49-43(53)56/h2-11,24-26,30,44H,12-23,27H2,1H3,(H,46,47,48)(H,49,54,56). The number of fused-ring (bicyclic) bond motifs is 2. The second-order valence-electron chi connectivity index (χ2n) is 15.2. The van der Waals surface area contributed by atoms with Gasteiger partial charge in [0.25, 0.3) is 0 Å². The van der Waals surface area contributed by atoms with E-state index in [1.807, 2.05) is 47.6 Å². The van der Waals surface area contributed by atoms with Crippen molar-refractivity contribution in [3.05, 3.63) is 90.3 Å². The van der Waals surface area contributed by atoms with Gasteiger partial charge < -0.3 is 25.2 Å². The number of likely N-dealkylation sites (tertiary alicyclic amines) is 1. The Labute approximate surface area is 331 Å². The normalized spacial score (nSPS) is 17.8. The summed E-state index contributed by atoms with van der Waals surface area (Å²) < 4.78 is 5.71. The molecular weight excluding hydrogens is 721 g/mol. The molecule has 0 bridgehead atoms. The number of piperazine rings is 1. The number of hydrogen-bond acceptors (Lipinski definition) is 11. The van der Waals surface area contributed by atoms with E-state index in [4.69, 9.17) is 9.72 Å². The molecule has 4 aliphatic heterocycles. The molecule has 4 aliphatic rings. The lowest BCUT2D eigenvalue weighted by Gasteiger charge is -2.38. The molecule has 3 fully saturated rings. The van der Waals surface area contributed by atoms with Crippen LogP contribution < -0.4 is 30.5 Å². The van der Waals surface area contributed by atoms with Crippen molar-refractivity contribution in [3.63, 3.8) is 0 Å². The van der Waals surface area contributed by atoms with E-state index in [9.17, 15) is 14.4 Å². The maximum absolute atomic E-state index is 13.3. The summed E-state index contributed by atoms with van der Waals surface area (Å²) in [5, 5.41) is 10.1. The third kappa shape index (κ3) is 7.77. The van der Waals surface area contributed by atoms with Gasteiger partial charge in [-0.25, -0.2) is 19.7 Å². The van der Waals surface area contributed by atoms with E-state index >= 15 is 0 Å². The molecule has 0 aliphatic carbocycles. The van der Waals surface area contributed by atoms with E-state index in [1.165, 1.54) is 5.56 Å². The first-order valence-corrected chi connectivity index (χ1v) is 19.8. The Balaban J connectivity index is 0.744. The highest BCUT2D eigenvalue weighted by Crippen LogP contribution is 2.36. The highest BCUT2D eigenvalue weighted by molar-refractivity contribution is 6.05. The lowest BCUT2D eigenvalue weighted by atomic mass is 9.89. The van der Waals surface area contributed by atoms with Gasteiger partial charge in [0.05, 0.1) is 12.1 Å². The van der Waals surface area contributed by atoms with E-state index in [0.717, 1.165) is 95.9 Å². The first-order valence-electron chi connectivity index (χ1n) is 19.8. The van der Waals surface area contributed by atoms with Crippen LogP contribution in [0.15, 0.2) is 79.1 Å². The molecule has 3 saturated heterocycles. The lowest BCUT2D eigenvalue weighted by Crippen LogP contribution is -2.51. The smallest absolute Gasteiger partial charge is 0.328 e. The number of anilines is 5. The highest BCUT2D eigenvalue weighted by atomic mass is 16.5. The van der Waals surface area contributed by atoms with E-state index in [0.29, 0.717) is 57.0 Å². The maximum Gasteiger partial charge on any atom is 0.328 e. The summed E-state index contributed by atoms with van der Waals surface area (Å²) in [7, 11) is 0. The monoisotopic (exact) mass is 766 g/mol. The van der Waals surface area contributed by atoms with Crippen LogP contribution in [-0.4, -0.2) is 108 Å². The number of rotatable bonds is 8. The number of carbonyl (C=O) groups excluding carboxylic acids is 3. The van der Waals surface area contributed by atoms with Gasteiger partial charge in [0.1, 0.15) is 12.3 Å². The van der Waals surface area contributed by atoms with Crippen LogP contribution in [0.4, 0.5) is 33.5 Å². The topological polar surface area (TPSA) is 148 Å². The number of hydrogen-bond donors (Lipinski definition) is 3. The first kappa shape index (κ1) is 36.4. The summed E-state index contributed by atoms with van der Waals surface area (Å²) in [4.78, 5) is 59.2. The number of aromatic nitrogens is 3. The lowest BCUT2D eigenvalue weighted by molar-refractivity contribution is -0.133. The average molecular weight is 767 g/mol. The van der Waals surface area contributed by atoms with Crippen molar-refractivity contribution in [2.75, 3.05) is 85.9 Å². The minimum Gasteiger partial charge on any atom is -0.474 e. The second-order valence-corrected chi connectivity index (χ2v) is 15.2. The molecule has 3 aromatic carbocycles.